The number of esters is 1. The lowest BCUT2D eigenvalue weighted by atomic mass is 10.2. The summed E-state index contributed by atoms with van der Waals surface area (Å²) in [5.41, 5.74) is 1.33. The van der Waals surface area contributed by atoms with Crippen molar-refractivity contribution in [3.8, 4) is 16.3 Å². The maximum atomic E-state index is 13.0. The van der Waals surface area contributed by atoms with Crippen LogP contribution in [0.3, 0.4) is 0 Å². The summed E-state index contributed by atoms with van der Waals surface area (Å²) in [6, 6.07) is 13.0. The van der Waals surface area contributed by atoms with Crippen molar-refractivity contribution in [2.75, 3.05) is 13.2 Å². The standard InChI is InChI=1S/C19H15ClFNO3S/c1-12-17(26-18(22-12)13-5-7-15(21)8-6-13)19(23)25-10-9-24-16-4-2-3-14(20)11-16/h2-8,11H,9-10H2,1H3. The van der Waals surface area contributed by atoms with Crippen LogP contribution in [0.5, 0.6) is 5.75 Å². The number of carbonyl (C=O) groups excluding carboxylic acids is 1. The molecule has 0 aliphatic heterocycles. The van der Waals surface area contributed by atoms with Crippen LogP contribution >= 0.6 is 22.9 Å². The molecule has 0 spiro atoms. The van der Waals surface area contributed by atoms with Gasteiger partial charge >= 0.3 is 5.97 Å². The first-order chi connectivity index (χ1) is 12.5. The van der Waals surface area contributed by atoms with Gasteiger partial charge in [-0.3, -0.25) is 0 Å². The van der Waals surface area contributed by atoms with Gasteiger partial charge < -0.3 is 9.47 Å². The van der Waals surface area contributed by atoms with Gasteiger partial charge in [-0.05, 0) is 49.4 Å². The molecule has 0 fully saturated rings. The van der Waals surface area contributed by atoms with Crippen LogP contribution in [0, 0.1) is 12.7 Å². The predicted octanol–water partition coefficient (Wildman–Crippen LogP) is 5.15. The van der Waals surface area contributed by atoms with Gasteiger partial charge in [0.15, 0.2) is 0 Å². The van der Waals surface area contributed by atoms with Gasteiger partial charge in [0.05, 0.1) is 5.69 Å². The van der Waals surface area contributed by atoms with E-state index in [-0.39, 0.29) is 19.0 Å². The molecular weight excluding hydrogens is 377 g/mol. The molecule has 0 amide bonds. The summed E-state index contributed by atoms with van der Waals surface area (Å²) in [6.45, 7) is 2.06. The monoisotopic (exact) mass is 391 g/mol. The third-order valence-electron chi connectivity index (χ3n) is 3.45. The molecule has 3 aromatic rings. The van der Waals surface area contributed by atoms with Crippen LogP contribution in [-0.2, 0) is 4.74 Å². The second-order valence-electron chi connectivity index (χ2n) is 5.38. The Kier molecular flexibility index (Phi) is 5.85. The molecule has 0 aliphatic carbocycles. The first kappa shape index (κ1) is 18.4. The number of rotatable bonds is 6. The lowest BCUT2D eigenvalue weighted by Crippen LogP contribution is -2.12. The molecule has 0 unspecified atom stereocenters. The maximum absolute atomic E-state index is 13.0. The molecule has 134 valence electrons. The Morgan fingerprint density at radius 3 is 2.69 bits per heavy atom. The zero-order chi connectivity index (χ0) is 18.5. The van der Waals surface area contributed by atoms with E-state index in [1.165, 1.54) is 23.5 Å². The summed E-state index contributed by atoms with van der Waals surface area (Å²) >= 11 is 7.09. The highest BCUT2D eigenvalue weighted by atomic mass is 35.5. The number of hydrogen-bond acceptors (Lipinski definition) is 5. The van der Waals surface area contributed by atoms with E-state index in [1.807, 2.05) is 0 Å². The quantitative estimate of drug-likeness (QED) is 0.431. The number of hydrogen-bond donors (Lipinski definition) is 0. The van der Waals surface area contributed by atoms with Gasteiger partial charge in [-0.15, -0.1) is 11.3 Å². The third-order valence-corrected chi connectivity index (χ3v) is 4.88. The summed E-state index contributed by atoms with van der Waals surface area (Å²) in [5, 5.41) is 1.22. The van der Waals surface area contributed by atoms with E-state index in [4.69, 9.17) is 21.1 Å². The number of halogens is 2. The Hall–Kier alpha value is -2.44. The highest BCUT2D eigenvalue weighted by Gasteiger charge is 2.17. The highest BCUT2D eigenvalue weighted by Crippen LogP contribution is 2.28. The predicted molar refractivity (Wildman–Crippen MR) is 99.5 cm³/mol. The molecular formula is C19H15ClFNO3S. The summed E-state index contributed by atoms with van der Waals surface area (Å²) < 4.78 is 23.7. The minimum atomic E-state index is -0.456. The van der Waals surface area contributed by atoms with E-state index in [9.17, 15) is 9.18 Å². The van der Waals surface area contributed by atoms with Crippen LogP contribution in [0.15, 0.2) is 48.5 Å². The van der Waals surface area contributed by atoms with Crippen molar-refractivity contribution in [3.63, 3.8) is 0 Å². The molecule has 3 rings (SSSR count). The van der Waals surface area contributed by atoms with Gasteiger partial charge in [0.1, 0.15) is 34.7 Å². The molecule has 4 nitrogen and oxygen atoms in total. The first-order valence-corrected chi connectivity index (χ1v) is 9.01. The van der Waals surface area contributed by atoms with Crippen molar-refractivity contribution in [2.24, 2.45) is 0 Å². The fraction of sp³-hybridized carbons (Fsp3) is 0.158. The Labute approximate surface area is 159 Å². The molecule has 0 saturated heterocycles. The zero-order valence-corrected chi connectivity index (χ0v) is 15.4. The summed E-state index contributed by atoms with van der Waals surface area (Å²) in [5.74, 6) is -0.162. The van der Waals surface area contributed by atoms with Crippen LogP contribution in [0.25, 0.3) is 10.6 Å². The Morgan fingerprint density at radius 1 is 1.19 bits per heavy atom. The van der Waals surface area contributed by atoms with Gasteiger partial charge in [-0.2, -0.15) is 0 Å². The Balaban J connectivity index is 1.57. The average Bonchev–Trinajstić information content (AvgIpc) is 3.01. The number of aromatic nitrogens is 1. The third kappa shape index (κ3) is 4.59. The SMILES string of the molecule is Cc1nc(-c2ccc(F)cc2)sc1C(=O)OCCOc1cccc(Cl)c1. The van der Waals surface area contributed by atoms with Crippen molar-refractivity contribution in [3.05, 3.63) is 69.9 Å². The number of ether oxygens (including phenoxy) is 2. The molecule has 1 heterocycles. The number of aryl methyl sites for hydroxylation is 1. The average molecular weight is 392 g/mol. The number of thiazole rings is 1. The lowest BCUT2D eigenvalue weighted by Gasteiger charge is -2.07. The molecule has 7 heteroatoms. The lowest BCUT2D eigenvalue weighted by molar-refractivity contribution is 0.0455. The fourth-order valence-corrected chi connectivity index (χ4v) is 3.36. The zero-order valence-electron chi connectivity index (χ0n) is 13.9. The van der Waals surface area contributed by atoms with Crippen molar-refractivity contribution in [1.82, 2.24) is 4.98 Å². The van der Waals surface area contributed by atoms with Crippen LogP contribution in [0.4, 0.5) is 4.39 Å². The number of benzene rings is 2. The highest BCUT2D eigenvalue weighted by molar-refractivity contribution is 7.17. The molecule has 0 atom stereocenters. The minimum Gasteiger partial charge on any atom is -0.490 e. The van der Waals surface area contributed by atoms with Gasteiger partial charge in [0.25, 0.3) is 0 Å². The number of carbonyl (C=O) groups is 1. The summed E-state index contributed by atoms with van der Waals surface area (Å²) in [7, 11) is 0. The maximum Gasteiger partial charge on any atom is 0.350 e. The second-order valence-corrected chi connectivity index (χ2v) is 6.82. The number of nitrogens with zero attached hydrogens (tertiary/aromatic N) is 1. The van der Waals surface area contributed by atoms with E-state index in [0.29, 0.717) is 26.4 Å². The van der Waals surface area contributed by atoms with Gasteiger partial charge in [0, 0.05) is 10.6 Å². The van der Waals surface area contributed by atoms with Crippen LogP contribution in [-0.4, -0.2) is 24.2 Å². The molecule has 0 bridgehead atoms. The Morgan fingerprint density at radius 2 is 1.96 bits per heavy atom. The fourth-order valence-electron chi connectivity index (χ4n) is 2.22. The van der Waals surface area contributed by atoms with E-state index in [1.54, 1.807) is 43.3 Å². The van der Waals surface area contributed by atoms with E-state index in [2.05, 4.69) is 4.98 Å². The van der Waals surface area contributed by atoms with Gasteiger partial charge in [-0.25, -0.2) is 14.2 Å². The minimum absolute atomic E-state index is 0.106. The van der Waals surface area contributed by atoms with Crippen molar-refractivity contribution in [1.29, 1.82) is 0 Å². The van der Waals surface area contributed by atoms with Gasteiger partial charge in [0.2, 0.25) is 0 Å². The molecule has 1 aromatic heterocycles. The van der Waals surface area contributed by atoms with Crippen molar-refractivity contribution in [2.45, 2.75) is 6.92 Å². The summed E-state index contributed by atoms with van der Waals surface area (Å²) in [6.07, 6.45) is 0. The van der Waals surface area contributed by atoms with Crippen LogP contribution in [0.2, 0.25) is 5.02 Å². The molecule has 2 aromatic carbocycles. The van der Waals surface area contributed by atoms with Crippen LogP contribution in [0.1, 0.15) is 15.4 Å². The Bertz CT molecular complexity index is 911. The molecule has 0 N–H and O–H groups in total. The van der Waals surface area contributed by atoms with E-state index >= 15 is 0 Å². The second kappa shape index (κ2) is 8.29. The van der Waals surface area contributed by atoms with Crippen LogP contribution < -0.4 is 4.74 Å². The molecule has 0 saturated carbocycles. The van der Waals surface area contributed by atoms with E-state index in [0.717, 1.165) is 5.56 Å². The molecule has 0 aliphatic rings. The van der Waals surface area contributed by atoms with E-state index < -0.39 is 5.97 Å². The first-order valence-electron chi connectivity index (χ1n) is 7.82. The summed E-state index contributed by atoms with van der Waals surface area (Å²) in [4.78, 5) is 17.0. The molecule has 26 heavy (non-hydrogen) atoms. The smallest absolute Gasteiger partial charge is 0.350 e. The van der Waals surface area contributed by atoms with Crippen molar-refractivity contribution < 1.29 is 18.7 Å². The topological polar surface area (TPSA) is 48.4 Å². The van der Waals surface area contributed by atoms with Crippen molar-refractivity contribution >= 4 is 28.9 Å². The normalized spacial score (nSPS) is 10.6. The van der Waals surface area contributed by atoms with Gasteiger partial charge in [-0.1, -0.05) is 17.7 Å². The molecule has 0 radical (unpaired) electrons. The largest absolute Gasteiger partial charge is 0.490 e.